The van der Waals surface area contributed by atoms with Crippen LogP contribution in [0, 0.1) is 0 Å². The lowest BCUT2D eigenvalue weighted by atomic mass is 9.74. The molecule has 2 rings (SSSR count). The van der Waals surface area contributed by atoms with E-state index in [1.807, 2.05) is 19.9 Å². The van der Waals surface area contributed by atoms with Crippen molar-refractivity contribution in [3.05, 3.63) is 70.8 Å². The predicted octanol–water partition coefficient (Wildman–Crippen LogP) is 8.19. The quantitative estimate of drug-likeness (QED) is 0.256. The van der Waals surface area contributed by atoms with Gasteiger partial charge in [-0.05, 0) is 67.9 Å². The first-order valence-corrected chi connectivity index (χ1v) is 12.0. The van der Waals surface area contributed by atoms with Gasteiger partial charge < -0.3 is 9.47 Å². The summed E-state index contributed by atoms with van der Waals surface area (Å²) in [5.74, 6) is 1.27. The average molecular weight is 451 g/mol. The average Bonchev–Trinajstić information content (AvgIpc) is 2.76. The minimum atomic E-state index is -0.318. The standard InChI is InChI=1S/C30H42O3/c1-11-28(5,6)24-13-23(14-25(17-24)30(9,10)21(3)4)20-32-26-15-22(19-31)16-27(18-26)33-29(7,8)12-2/h13-19H,3,11-12,20H2,1-2,4-10H3. The maximum Gasteiger partial charge on any atom is 0.150 e. The molecule has 0 saturated heterocycles. The van der Waals surface area contributed by atoms with Crippen molar-refractivity contribution in [3.63, 3.8) is 0 Å². The number of hydrogen-bond donors (Lipinski definition) is 0. The molecule has 0 unspecified atom stereocenters. The number of ether oxygens (including phenoxy) is 2. The summed E-state index contributed by atoms with van der Waals surface area (Å²) >= 11 is 0. The minimum absolute atomic E-state index is 0.0556. The zero-order valence-corrected chi connectivity index (χ0v) is 22.1. The molecule has 2 aromatic carbocycles. The smallest absolute Gasteiger partial charge is 0.150 e. The summed E-state index contributed by atoms with van der Waals surface area (Å²) in [5.41, 5.74) is 4.90. The Hall–Kier alpha value is -2.55. The Kier molecular flexibility index (Phi) is 8.22. The molecule has 3 heteroatoms. The Morgan fingerprint density at radius 1 is 0.879 bits per heavy atom. The lowest BCUT2D eigenvalue weighted by Crippen LogP contribution is -2.26. The van der Waals surface area contributed by atoms with Crippen LogP contribution in [0.5, 0.6) is 11.5 Å². The fourth-order valence-corrected chi connectivity index (χ4v) is 3.34. The van der Waals surface area contributed by atoms with E-state index in [0.29, 0.717) is 23.7 Å². The summed E-state index contributed by atoms with van der Waals surface area (Å²) in [6.07, 6.45) is 2.73. The van der Waals surface area contributed by atoms with Gasteiger partial charge in [-0.3, -0.25) is 4.79 Å². The molecule has 2 aromatic rings. The second-order valence-electron chi connectivity index (χ2n) is 10.9. The van der Waals surface area contributed by atoms with Crippen LogP contribution in [-0.2, 0) is 17.4 Å². The van der Waals surface area contributed by atoms with Gasteiger partial charge in [0.1, 0.15) is 30.0 Å². The molecule has 0 radical (unpaired) electrons. The minimum Gasteiger partial charge on any atom is -0.489 e. The predicted molar refractivity (Wildman–Crippen MR) is 139 cm³/mol. The van der Waals surface area contributed by atoms with Crippen LogP contribution in [0.15, 0.2) is 48.6 Å². The zero-order valence-electron chi connectivity index (χ0n) is 22.1. The molecule has 180 valence electrons. The van der Waals surface area contributed by atoms with Crippen LogP contribution in [0.1, 0.15) is 102 Å². The highest BCUT2D eigenvalue weighted by molar-refractivity contribution is 5.76. The normalized spacial score (nSPS) is 12.4. The molecule has 0 fully saturated rings. The first-order valence-electron chi connectivity index (χ1n) is 12.0. The van der Waals surface area contributed by atoms with Gasteiger partial charge in [0.2, 0.25) is 0 Å². The molecule has 0 saturated carbocycles. The Balaban J connectivity index is 2.42. The molecule has 0 bridgehead atoms. The van der Waals surface area contributed by atoms with Gasteiger partial charge >= 0.3 is 0 Å². The van der Waals surface area contributed by atoms with Crippen molar-refractivity contribution in [1.29, 1.82) is 0 Å². The molecule has 33 heavy (non-hydrogen) atoms. The Labute approximate surface area is 201 Å². The van der Waals surface area contributed by atoms with E-state index < -0.39 is 0 Å². The van der Waals surface area contributed by atoms with Crippen molar-refractivity contribution in [2.75, 3.05) is 0 Å². The van der Waals surface area contributed by atoms with E-state index >= 15 is 0 Å². The van der Waals surface area contributed by atoms with Gasteiger partial charge in [-0.1, -0.05) is 71.9 Å². The molecule has 0 aliphatic heterocycles. The molecule has 0 aromatic heterocycles. The van der Waals surface area contributed by atoms with Crippen molar-refractivity contribution in [2.45, 2.75) is 98.2 Å². The summed E-state index contributed by atoms with van der Waals surface area (Å²) in [7, 11) is 0. The number of benzene rings is 2. The third-order valence-corrected chi connectivity index (χ3v) is 7.14. The van der Waals surface area contributed by atoms with Gasteiger partial charge in [0.15, 0.2) is 0 Å². The topological polar surface area (TPSA) is 35.5 Å². The SMILES string of the molecule is C=C(C)C(C)(C)c1cc(COc2cc(C=O)cc(OC(C)(C)CC)c2)cc(C(C)(C)CC)c1. The van der Waals surface area contributed by atoms with Crippen LogP contribution in [0.2, 0.25) is 0 Å². The molecule has 0 heterocycles. The maximum atomic E-state index is 11.5. The number of carbonyl (C=O) groups is 1. The van der Waals surface area contributed by atoms with Crippen molar-refractivity contribution in [3.8, 4) is 11.5 Å². The summed E-state index contributed by atoms with van der Waals surface area (Å²) in [4.78, 5) is 11.5. The fraction of sp³-hybridized carbons (Fsp3) is 0.500. The monoisotopic (exact) mass is 450 g/mol. The first-order chi connectivity index (χ1) is 15.2. The van der Waals surface area contributed by atoms with Gasteiger partial charge in [0.05, 0.1) is 0 Å². The molecule has 0 aliphatic carbocycles. The molecule has 3 nitrogen and oxygen atoms in total. The molecular formula is C30H42O3. The van der Waals surface area contributed by atoms with Crippen LogP contribution in [0.3, 0.4) is 0 Å². The first kappa shape index (κ1) is 26.7. The number of aldehydes is 1. The molecular weight excluding hydrogens is 408 g/mol. The lowest BCUT2D eigenvalue weighted by molar-refractivity contribution is 0.103. The van der Waals surface area contributed by atoms with Crippen LogP contribution in [-0.4, -0.2) is 11.9 Å². The van der Waals surface area contributed by atoms with E-state index in [4.69, 9.17) is 9.47 Å². The van der Waals surface area contributed by atoms with Crippen molar-refractivity contribution in [2.24, 2.45) is 0 Å². The zero-order chi connectivity index (χ0) is 25.0. The van der Waals surface area contributed by atoms with E-state index in [1.165, 1.54) is 11.1 Å². The van der Waals surface area contributed by atoms with Crippen LogP contribution in [0.4, 0.5) is 0 Å². The highest BCUT2D eigenvalue weighted by Gasteiger charge is 2.26. The summed E-state index contributed by atoms with van der Waals surface area (Å²) in [6, 6.07) is 12.1. The van der Waals surface area contributed by atoms with Gasteiger partial charge in [0, 0.05) is 17.0 Å². The van der Waals surface area contributed by atoms with Crippen LogP contribution < -0.4 is 9.47 Å². The molecule has 0 amide bonds. The molecule has 0 atom stereocenters. The van der Waals surface area contributed by atoms with Gasteiger partial charge in [-0.25, -0.2) is 0 Å². The molecule has 0 N–H and O–H groups in total. The molecule has 0 spiro atoms. The number of carbonyl (C=O) groups excluding carboxylic acids is 1. The van der Waals surface area contributed by atoms with E-state index in [1.54, 1.807) is 12.1 Å². The highest BCUT2D eigenvalue weighted by Crippen LogP contribution is 2.36. The Bertz CT molecular complexity index is 996. The fourth-order valence-electron chi connectivity index (χ4n) is 3.34. The van der Waals surface area contributed by atoms with Gasteiger partial charge in [0.25, 0.3) is 0 Å². The van der Waals surface area contributed by atoms with Crippen molar-refractivity contribution < 1.29 is 14.3 Å². The van der Waals surface area contributed by atoms with E-state index in [0.717, 1.165) is 30.3 Å². The lowest BCUT2D eigenvalue weighted by Gasteiger charge is -2.31. The van der Waals surface area contributed by atoms with E-state index in [-0.39, 0.29) is 16.4 Å². The number of hydrogen-bond acceptors (Lipinski definition) is 3. The van der Waals surface area contributed by atoms with Crippen LogP contribution >= 0.6 is 0 Å². The van der Waals surface area contributed by atoms with E-state index in [9.17, 15) is 4.79 Å². The Morgan fingerprint density at radius 2 is 1.48 bits per heavy atom. The third kappa shape index (κ3) is 6.72. The second-order valence-corrected chi connectivity index (χ2v) is 10.9. The second kappa shape index (κ2) is 10.2. The van der Waals surface area contributed by atoms with Crippen molar-refractivity contribution >= 4 is 6.29 Å². The Morgan fingerprint density at radius 3 is 2.03 bits per heavy atom. The number of allylic oxidation sites excluding steroid dienone is 1. The third-order valence-electron chi connectivity index (χ3n) is 7.14. The largest absolute Gasteiger partial charge is 0.489 e. The summed E-state index contributed by atoms with van der Waals surface area (Å²) < 4.78 is 12.3. The van der Waals surface area contributed by atoms with Crippen molar-refractivity contribution in [1.82, 2.24) is 0 Å². The van der Waals surface area contributed by atoms with Gasteiger partial charge in [-0.15, -0.1) is 0 Å². The number of rotatable bonds is 11. The summed E-state index contributed by atoms with van der Waals surface area (Å²) in [5, 5.41) is 0. The summed E-state index contributed by atoms with van der Waals surface area (Å²) in [6.45, 7) is 24.1. The van der Waals surface area contributed by atoms with E-state index in [2.05, 4.69) is 73.2 Å². The van der Waals surface area contributed by atoms with Crippen LogP contribution in [0.25, 0.3) is 0 Å². The molecule has 0 aliphatic rings. The highest BCUT2D eigenvalue weighted by atomic mass is 16.5. The van der Waals surface area contributed by atoms with Gasteiger partial charge in [-0.2, -0.15) is 0 Å². The maximum absolute atomic E-state index is 11.5.